The van der Waals surface area contributed by atoms with Crippen molar-refractivity contribution in [2.75, 3.05) is 0 Å². The second-order valence-electron chi connectivity index (χ2n) is 8.00. The quantitative estimate of drug-likeness (QED) is 0.331. The summed E-state index contributed by atoms with van der Waals surface area (Å²) in [5.74, 6) is 0. The molecule has 5 heteroatoms. The van der Waals surface area contributed by atoms with Gasteiger partial charge in [0.15, 0.2) is 37.9 Å². The van der Waals surface area contributed by atoms with E-state index in [1.165, 1.54) is 5.56 Å². The summed E-state index contributed by atoms with van der Waals surface area (Å²) in [6.45, 7) is 5.36. The van der Waals surface area contributed by atoms with E-state index in [1.807, 2.05) is 30.6 Å². The molecule has 0 radical (unpaired) electrons. The summed E-state index contributed by atoms with van der Waals surface area (Å²) in [4.78, 5) is 0. The molecule has 0 saturated heterocycles. The third kappa shape index (κ3) is 6.36. The topological polar surface area (TPSA) is 48.2 Å². The van der Waals surface area contributed by atoms with Gasteiger partial charge >= 0.3 is 7.12 Å². The molecule has 0 aliphatic heterocycles. The lowest BCUT2D eigenvalue weighted by atomic mass is 9.80. The number of aromatic nitrogens is 2. The minimum absolute atomic E-state index is 0.498. The van der Waals surface area contributed by atoms with Crippen molar-refractivity contribution in [1.82, 2.24) is 0 Å². The predicted octanol–water partition coefficient (Wildman–Crippen LogP) is 2.85. The van der Waals surface area contributed by atoms with Crippen LogP contribution in [0.5, 0.6) is 0 Å². The van der Waals surface area contributed by atoms with Gasteiger partial charge in [-0.15, -0.1) is 0 Å². The Labute approximate surface area is 195 Å². The number of benzene rings is 2. The third-order valence-corrected chi connectivity index (χ3v) is 5.53. The van der Waals surface area contributed by atoms with Crippen LogP contribution in [-0.2, 0) is 13.1 Å². The van der Waals surface area contributed by atoms with E-state index in [2.05, 4.69) is 88.8 Å². The summed E-state index contributed by atoms with van der Waals surface area (Å²) >= 11 is 0. The van der Waals surface area contributed by atoms with Crippen molar-refractivity contribution >= 4 is 30.8 Å². The zero-order valence-corrected chi connectivity index (χ0v) is 18.5. The molecular formula is C28H27BN2O2+2. The first-order valence-electron chi connectivity index (χ1n) is 10.9. The van der Waals surface area contributed by atoms with Crippen molar-refractivity contribution in [3.63, 3.8) is 0 Å². The lowest BCUT2D eigenvalue weighted by Gasteiger charge is -2.02. The first kappa shape index (κ1) is 22.4. The van der Waals surface area contributed by atoms with E-state index in [9.17, 15) is 10.0 Å². The molecule has 0 atom stereocenters. The highest BCUT2D eigenvalue weighted by Crippen LogP contribution is 2.08. The minimum Gasteiger partial charge on any atom is -0.423 e. The number of hydrogen-bond donors (Lipinski definition) is 2. The number of hydrogen-bond acceptors (Lipinski definition) is 2. The van der Waals surface area contributed by atoms with Gasteiger partial charge in [-0.3, -0.25) is 0 Å². The maximum atomic E-state index is 9.20. The van der Waals surface area contributed by atoms with Crippen molar-refractivity contribution < 1.29 is 19.2 Å². The van der Waals surface area contributed by atoms with Gasteiger partial charge in [0.25, 0.3) is 0 Å². The SMILES string of the molecule is C=Cc1ccc(C[n+]2ccc(C=Cc3cc[n+](Cc4ccc(B(O)O)cc4)cc3)cc2)cc1. The molecule has 0 fully saturated rings. The van der Waals surface area contributed by atoms with Crippen LogP contribution in [0, 0.1) is 0 Å². The molecule has 0 aliphatic carbocycles. The molecule has 2 N–H and O–H groups in total. The van der Waals surface area contributed by atoms with Gasteiger partial charge in [-0.1, -0.05) is 73.3 Å². The molecule has 2 aromatic heterocycles. The van der Waals surface area contributed by atoms with Crippen LogP contribution < -0.4 is 14.6 Å². The highest BCUT2D eigenvalue weighted by molar-refractivity contribution is 6.58. The van der Waals surface area contributed by atoms with Gasteiger partial charge in [0, 0.05) is 35.4 Å². The molecule has 4 rings (SSSR count). The molecule has 0 bridgehead atoms. The fraction of sp³-hybridized carbons (Fsp3) is 0.0714. The van der Waals surface area contributed by atoms with Crippen molar-refractivity contribution in [3.8, 4) is 0 Å². The molecule has 0 saturated carbocycles. The largest absolute Gasteiger partial charge is 0.488 e. The van der Waals surface area contributed by atoms with Crippen molar-refractivity contribution in [1.29, 1.82) is 0 Å². The Kier molecular flexibility index (Phi) is 7.25. The van der Waals surface area contributed by atoms with Gasteiger partial charge in [-0.25, -0.2) is 9.13 Å². The van der Waals surface area contributed by atoms with Crippen molar-refractivity contribution in [2.24, 2.45) is 0 Å². The molecule has 4 aromatic rings. The van der Waals surface area contributed by atoms with E-state index in [-0.39, 0.29) is 0 Å². The summed E-state index contributed by atoms with van der Waals surface area (Å²) in [6.07, 6.45) is 14.4. The smallest absolute Gasteiger partial charge is 0.423 e. The zero-order valence-electron chi connectivity index (χ0n) is 18.5. The third-order valence-electron chi connectivity index (χ3n) is 5.53. The van der Waals surface area contributed by atoms with Crippen LogP contribution in [0.4, 0.5) is 0 Å². The second-order valence-corrected chi connectivity index (χ2v) is 8.00. The van der Waals surface area contributed by atoms with Crippen LogP contribution in [-0.4, -0.2) is 17.2 Å². The van der Waals surface area contributed by atoms with Crippen LogP contribution in [0.3, 0.4) is 0 Å². The molecule has 0 amide bonds. The van der Waals surface area contributed by atoms with Gasteiger partial charge in [-0.2, -0.15) is 0 Å². The lowest BCUT2D eigenvalue weighted by Crippen LogP contribution is -2.34. The van der Waals surface area contributed by atoms with Crippen LogP contribution in [0.1, 0.15) is 27.8 Å². The Morgan fingerprint density at radius 3 is 1.42 bits per heavy atom. The first-order chi connectivity index (χ1) is 16.1. The Hall–Kier alpha value is -3.80. The standard InChI is InChI=1S/C28H27BN2O2/c1-2-23-3-7-26(8-4-23)21-30-17-13-24(14-18-30)5-6-25-15-19-31(20-16-25)22-27-9-11-28(12-10-27)29(32)33/h2-20,32-33H,1,21-22H2/q+2. The number of rotatable bonds is 8. The van der Waals surface area contributed by atoms with E-state index >= 15 is 0 Å². The molecule has 4 nitrogen and oxygen atoms in total. The normalized spacial score (nSPS) is 11.0. The van der Waals surface area contributed by atoms with Gasteiger partial charge in [0.1, 0.15) is 0 Å². The first-order valence-corrected chi connectivity index (χ1v) is 10.9. The molecule has 2 heterocycles. The van der Waals surface area contributed by atoms with Crippen LogP contribution in [0.2, 0.25) is 0 Å². The van der Waals surface area contributed by atoms with E-state index in [0.717, 1.165) is 35.3 Å². The van der Waals surface area contributed by atoms with Crippen LogP contribution in [0.15, 0.2) is 104 Å². The molecule has 2 aromatic carbocycles. The Balaban J connectivity index is 1.34. The summed E-state index contributed by atoms with van der Waals surface area (Å²) in [5, 5.41) is 18.4. The van der Waals surface area contributed by atoms with E-state index in [4.69, 9.17) is 0 Å². The van der Waals surface area contributed by atoms with Crippen LogP contribution >= 0.6 is 0 Å². The van der Waals surface area contributed by atoms with E-state index < -0.39 is 7.12 Å². The molecule has 0 aliphatic rings. The summed E-state index contributed by atoms with van der Waals surface area (Å²) < 4.78 is 4.26. The van der Waals surface area contributed by atoms with Gasteiger partial charge in [0.2, 0.25) is 0 Å². The summed E-state index contributed by atoms with van der Waals surface area (Å²) in [6, 6.07) is 24.1. The zero-order chi connectivity index (χ0) is 23.0. The van der Waals surface area contributed by atoms with Gasteiger partial charge < -0.3 is 10.0 Å². The fourth-order valence-electron chi connectivity index (χ4n) is 3.54. The second kappa shape index (κ2) is 10.7. The Bertz CT molecular complexity index is 1220. The summed E-state index contributed by atoms with van der Waals surface area (Å²) in [7, 11) is -1.43. The number of pyridine rings is 2. The Morgan fingerprint density at radius 2 is 1.03 bits per heavy atom. The number of nitrogens with zero attached hydrogens (tertiary/aromatic N) is 2. The average Bonchev–Trinajstić information content (AvgIpc) is 2.85. The Morgan fingerprint density at radius 1 is 0.606 bits per heavy atom. The van der Waals surface area contributed by atoms with Crippen LogP contribution in [0.25, 0.3) is 18.2 Å². The summed E-state index contributed by atoms with van der Waals surface area (Å²) in [5.41, 5.74) is 6.27. The predicted molar refractivity (Wildman–Crippen MR) is 133 cm³/mol. The van der Waals surface area contributed by atoms with Gasteiger partial charge in [0.05, 0.1) is 0 Å². The van der Waals surface area contributed by atoms with Crippen molar-refractivity contribution in [3.05, 3.63) is 132 Å². The van der Waals surface area contributed by atoms with E-state index in [0.29, 0.717) is 5.46 Å². The molecular weight excluding hydrogens is 407 g/mol. The lowest BCUT2D eigenvalue weighted by molar-refractivity contribution is -0.688. The average molecular weight is 434 g/mol. The molecule has 0 unspecified atom stereocenters. The maximum Gasteiger partial charge on any atom is 0.488 e. The maximum absolute atomic E-state index is 9.20. The molecule has 0 spiro atoms. The minimum atomic E-state index is -1.43. The van der Waals surface area contributed by atoms with Crippen molar-refractivity contribution in [2.45, 2.75) is 13.1 Å². The van der Waals surface area contributed by atoms with Gasteiger partial charge in [-0.05, 0) is 22.2 Å². The van der Waals surface area contributed by atoms with E-state index in [1.54, 1.807) is 12.1 Å². The molecule has 162 valence electrons. The molecule has 33 heavy (non-hydrogen) atoms. The monoisotopic (exact) mass is 434 g/mol. The highest BCUT2D eigenvalue weighted by Gasteiger charge is 2.10. The highest BCUT2D eigenvalue weighted by atomic mass is 16.4. The fourth-order valence-corrected chi connectivity index (χ4v) is 3.54.